The Hall–Kier alpha value is -1.13. The standard InChI is InChI=1S/C14H13BrO2S/c1-16-10-7-8-12(17-2)14(9-10)18-13-6-4-3-5-11(13)15/h3-9H,1-2H3. The molecule has 4 heteroatoms. The summed E-state index contributed by atoms with van der Waals surface area (Å²) >= 11 is 5.19. The zero-order valence-electron chi connectivity index (χ0n) is 10.1. The molecule has 2 aromatic carbocycles. The largest absolute Gasteiger partial charge is 0.497 e. The van der Waals surface area contributed by atoms with Gasteiger partial charge >= 0.3 is 0 Å². The molecule has 0 N–H and O–H groups in total. The van der Waals surface area contributed by atoms with E-state index < -0.39 is 0 Å². The lowest BCUT2D eigenvalue weighted by molar-refractivity contribution is 0.394. The highest BCUT2D eigenvalue weighted by Crippen LogP contribution is 2.39. The zero-order valence-corrected chi connectivity index (χ0v) is 12.5. The summed E-state index contributed by atoms with van der Waals surface area (Å²) in [4.78, 5) is 2.17. The molecular formula is C14H13BrO2S. The molecule has 94 valence electrons. The third-order valence-corrected chi connectivity index (χ3v) is 4.50. The molecule has 0 unspecified atom stereocenters. The van der Waals surface area contributed by atoms with E-state index in [1.165, 1.54) is 0 Å². The second-order valence-electron chi connectivity index (χ2n) is 3.55. The van der Waals surface area contributed by atoms with Gasteiger partial charge in [0.15, 0.2) is 0 Å². The molecule has 0 aromatic heterocycles. The molecule has 2 rings (SSSR count). The number of rotatable bonds is 4. The minimum atomic E-state index is 0.824. The molecule has 0 heterocycles. The van der Waals surface area contributed by atoms with Crippen LogP contribution in [0.5, 0.6) is 11.5 Å². The van der Waals surface area contributed by atoms with Gasteiger partial charge in [-0.1, -0.05) is 23.9 Å². The van der Waals surface area contributed by atoms with Crippen LogP contribution in [0.4, 0.5) is 0 Å². The predicted octanol–water partition coefficient (Wildman–Crippen LogP) is 4.62. The lowest BCUT2D eigenvalue weighted by Crippen LogP contribution is -1.89. The van der Waals surface area contributed by atoms with Crippen LogP contribution in [0, 0.1) is 0 Å². The molecule has 0 bridgehead atoms. The molecule has 0 aliphatic heterocycles. The van der Waals surface area contributed by atoms with Crippen molar-refractivity contribution in [2.24, 2.45) is 0 Å². The number of ether oxygens (including phenoxy) is 2. The van der Waals surface area contributed by atoms with Gasteiger partial charge in [0.05, 0.1) is 19.1 Å². The monoisotopic (exact) mass is 324 g/mol. The van der Waals surface area contributed by atoms with Gasteiger partial charge in [-0.15, -0.1) is 0 Å². The number of halogens is 1. The van der Waals surface area contributed by atoms with E-state index in [-0.39, 0.29) is 0 Å². The summed E-state index contributed by atoms with van der Waals surface area (Å²) in [7, 11) is 3.33. The van der Waals surface area contributed by atoms with Crippen LogP contribution < -0.4 is 9.47 Å². The third kappa shape index (κ3) is 3.00. The Morgan fingerprint density at radius 3 is 2.39 bits per heavy atom. The van der Waals surface area contributed by atoms with E-state index in [0.717, 1.165) is 25.8 Å². The van der Waals surface area contributed by atoms with Crippen LogP contribution in [0.25, 0.3) is 0 Å². The first kappa shape index (κ1) is 13.3. The van der Waals surface area contributed by atoms with Crippen molar-refractivity contribution in [3.63, 3.8) is 0 Å². The molecule has 0 saturated carbocycles. The van der Waals surface area contributed by atoms with E-state index in [9.17, 15) is 0 Å². The average Bonchev–Trinajstić information content (AvgIpc) is 2.41. The number of hydrogen-bond acceptors (Lipinski definition) is 3. The van der Waals surface area contributed by atoms with Crippen LogP contribution in [0.3, 0.4) is 0 Å². The summed E-state index contributed by atoms with van der Waals surface area (Å²) in [5.74, 6) is 1.67. The van der Waals surface area contributed by atoms with Crippen LogP contribution in [-0.4, -0.2) is 14.2 Å². The van der Waals surface area contributed by atoms with Crippen molar-refractivity contribution in [1.82, 2.24) is 0 Å². The average molecular weight is 325 g/mol. The molecule has 0 aliphatic carbocycles. The summed E-state index contributed by atoms with van der Waals surface area (Å²) in [5.41, 5.74) is 0. The van der Waals surface area contributed by atoms with Gasteiger partial charge in [0.25, 0.3) is 0 Å². The fraction of sp³-hybridized carbons (Fsp3) is 0.143. The molecular weight excluding hydrogens is 312 g/mol. The van der Waals surface area contributed by atoms with Gasteiger partial charge in [0, 0.05) is 9.37 Å². The van der Waals surface area contributed by atoms with E-state index >= 15 is 0 Å². The Balaban J connectivity index is 2.35. The zero-order chi connectivity index (χ0) is 13.0. The number of methoxy groups -OCH3 is 2. The second-order valence-corrected chi connectivity index (χ2v) is 5.49. The highest BCUT2D eigenvalue weighted by Gasteiger charge is 2.08. The van der Waals surface area contributed by atoms with Crippen LogP contribution in [0.1, 0.15) is 0 Å². The van der Waals surface area contributed by atoms with Crippen LogP contribution >= 0.6 is 27.7 Å². The predicted molar refractivity (Wildman–Crippen MR) is 77.8 cm³/mol. The van der Waals surface area contributed by atoms with Crippen molar-refractivity contribution in [3.8, 4) is 11.5 Å². The Morgan fingerprint density at radius 1 is 0.944 bits per heavy atom. The Labute approximate surface area is 119 Å². The Morgan fingerprint density at radius 2 is 1.72 bits per heavy atom. The van der Waals surface area contributed by atoms with Gasteiger partial charge in [-0.25, -0.2) is 0 Å². The van der Waals surface area contributed by atoms with E-state index in [0.29, 0.717) is 0 Å². The number of benzene rings is 2. The van der Waals surface area contributed by atoms with E-state index in [1.807, 2.05) is 36.4 Å². The highest BCUT2D eigenvalue weighted by atomic mass is 79.9. The molecule has 2 nitrogen and oxygen atoms in total. The molecule has 0 fully saturated rings. The van der Waals surface area contributed by atoms with Gasteiger partial charge < -0.3 is 9.47 Å². The van der Waals surface area contributed by atoms with Crippen LogP contribution in [0.15, 0.2) is 56.7 Å². The quantitative estimate of drug-likeness (QED) is 0.817. The van der Waals surface area contributed by atoms with E-state index in [4.69, 9.17) is 9.47 Å². The lowest BCUT2D eigenvalue weighted by Gasteiger charge is -2.10. The molecule has 0 saturated heterocycles. The van der Waals surface area contributed by atoms with Gasteiger partial charge in [-0.05, 0) is 46.3 Å². The van der Waals surface area contributed by atoms with Gasteiger partial charge in [-0.3, -0.25) is 0 Å². The summed E-state index contributed by atoms with van der Waals surface area (Å²) in [6.07, 6.45) is 0. The maximum absolute atomic E-state index is 5.37. The molecule has 0 amide bonds. The third-order valence-electron chi connectivity index (χ3n) is 2.43. The first-order chi connectivity index (χ1) is 8.74. The number of hydrogen-bond donors (Lipinski definition) is 0. The molecule has 18 heavy (non-hydrogen) atoms. The maximum Gasteiger partial charge on any atom is 0.133 e. The molecule has 0 spiro atoms. The van der Waals surface area contributed by atoms with Gasteiger partial charge in [0.1, 0.15) is 11.5 Å². The van der Waals surface area contributed by atoms with Crippen LogP contribution in [-0.2, 0) is 0 Å². The first-order valence-corrected chi connectivity index (χ1v) is 7.00. The first-order valence-electron chi connectivity index (χ1n) is 5.39. The second kappa shape index (κ2) is 6.16. The summed E-state index contributed by atoms with van der Waals surface area (Å²) in [6, 6.07) is 13.9. The highest BCUT2D eigenvalue weighted by molar-refractivity contribution is 9.10. The normalized spacial score (nSPS) is 10.2. The molecule has 0 atom stereocenters. The lowest BCUT2D eigenvalue weighted by atomic mass is 10.3. The van der Waals surface area contributed by atoms with Crippen molar-refractivity contribution in [1.29, 1.82) is 0 Å². The fourth-order valence-electron chi connectivity index (χ4n) is 1.51. The smallest absolute Gasteiger partial charge is 0.133 e. The molecule has 2 aromatic rings. The van der Waals surface area contributed by atoms with Crippen molar-refractivity contribution in [2.45, 2.75) is 9.79 Å². The van der Waals surface area contributed by atoms with E-state index in [2.05, 4.69) is 22.0 Å². The van der Waals surface area contributed by atoms with Crippen molar-refractivity contribution >= 4 is 27.7 Å². The topological polar surface area (TPSA) is 18.5 Å². The maximum atomic E-state index is 5.37. The minimum absolute atomic E-state index is 0.824. The fourth-order valence-corrected chi connectivity index (χ4v) is 3.01. The molecule has 0 aliphatic rings. The minimum Gasteiger partial charge on any atom is -0.497 e. The van der Waals surface area contributed by atoms with Crippen molar-refractivity contribution in [3.05, 3.63) is 46.9 Å². The Bertz CT molecular complexity index is 543. The van der Waals surface area contributed by atoms with Gasteiger partial charge in [-0.2, -0.15) is 0 Å². The SMILES string of the molecule is COc1ccc(OC)c(Sc2ccccc2Br)c1. The van der Waals surface area contributed by atoms with Crippen molar-refractivity contribution < 1.29 is 9.47 Å². The summed E-state index contributed by atoms with van der Waals surface area (Å²) in [5, 5.41) is 0. The van der Waals surface area contributed by atoms with Crippen LogP contribution in [0.2, 0.25) is 0 Å². The van der Waals surface area contributed by atoms with Crippen molar-refractivity contribution in [2.75, 3.05) is 14.2 Å². The molecule has 0 radical (unpaired) electrons. The summed E-state index contributed by atoms with van der Waals surface area (Å²) in [6.45, 7) is 0. The van der Waals surface area contributed by atoms with Gasteiger partial charge in [0.2, 0.25) is 0 Å². The van der Waals surface area contributed by atoms with E-state index in [1.54, 1.807) is 26.0 Å². The Kier molecular flexibility index (Phi) is 4.55. The summed E-state index contributed by atoms with van der Waals surface area (Å²) < 4.78 is 11.7.